The zero-order chi connectivity index (χ0) is 12.5. The van der Waals surface area contributed by atoms with Crippen molar-refractivity contribution in [2.45, 2.75) is 32.7 Å². The molecule has 1 aromatic heterocycles. The maximum Gasteiger partial charge on any atom is 0.146 e. The molecule has 2 rings (SSSR count). The van der Waals surface area contributed by atoms with E-state index >= 15 is 0 Å². The van der Waals surface area contributed by atoms with Gasteiger partial charge in [0, 0.05) is 5.54 Å². The molecule has 0 spiro atoms. The van der Waals surface area contributed by atoms with E-state index in [1.54, 1.807) is 11.3 Å². The highest BCUT2D eigenvalue weighted by Gasteiger charge is 2.14. The van der Waals surface area contributed by atoms with Gasteiger partial charge >= 0.3 is 0 Å². The Morgan fingerprint density at radius 3 is 2.82 bits per heavy atom. The summed E-state index contributed by atoms with van der Waals surface area (Å²) in [7, 11) is 0. The lowest BCUT2D eigenvalue weighted by Gasteiger charge is -2.19. The summed E-state index contributed by atoms with van der Waals surface area (Å²) in [6.07, 6.45) is 0.959. The van der Waals surface area contributed by atoms with Crippen LogP contribution in [0.2, 0.25) is 0 Å². The quantitative estimate of drug-likeness (QED) is 0.907. The molecule has 0 aliphatic carbocycles. The lowest BCUT2D eigenvalue weighted by Crippen LogP contribution is -2.38. The van der Waals surface area contributed by atoms with Gasteiger partial charge in [0.15, 0.2) is 0 Å². The van der Waals surface area contributed by atoms with Crippen LogP contribution in [0.15, 0.2) is 18.2 Å². The summed E-state index contributed by atoms with van der Waals surface area (Å²) in [6, 6.07) is 6.03. The third kappa shape index (κ3) is 2.96. The molecule has 0 unspecified atom stereocenters. The topological polar surface area (TPSA) is 48.1 Å². The smallest absolute Gasteiger partial charge is 0.146 e. The summed E-state index contributed by atoms with van der Waals surface area (Å²) in [5, 5.41) is 1.14. The normalized spacial score (nSPS) is 12.0. The summed E-state index contributed by atoms with van der Waals surface area (Å²) in [4.78, 5) is 4.58. The Bertz CT molecular complexity index is 514. The maximum absolute atomic E-state index is 5.92. The Morgan fingerprint density at radius 2 is 2.18 bits per heavy atom. The van der Waals surface area contributed by atoms with Crippen LogP contribution in [-0.2, 0) is 6.42 Å². The van der Waals surface area contributed by atoms with Crippen molar-refractivity contribution in [2.75, 3.05) is 6.61 Å². The van der Waals surface area contributed by atoms with Crippen molar-refractivity contribution in [2.24, 2.45) is 5.73 Å². The zero-order valence-corrected chi connectivity index (χ0v) is 11.3. The molecular formula is C13H18N2OS. The summed E-state index contributed by atoms with van der Waals surface area (Å²) in [6.45, 7) is 6.50. The number of rotatable bonds is 4. The van der Waals surface area contributed by atoms with E-state index < -0.39 is 0 Å². The SMILES string of the molecule is CCc1nc2c(OCC(C)(C)N)cccc2s1. The van der Waals surface area contributed by atoms with Crippen molar-refractivity contribution in [3.63, 3.8) is 0 Å². The van der Waals surface area contributed by atoms with Gasteiger partial charge in [-0.25, -0.2) is 4.98 Å². The van der Waals surface area contributed by atoms with Gasteiger partial charge in [-0.1, -0.05) is 13.0 Å². The minimum atomic E-state index is -0.328. The Hall–Kier alpha value is -1.13. The first-order valence-corrected chi connectivity index (χ1v) is 6.61. The minimum Gasteiger partial charge on any atom is -0.489 e. The number of hydrogen-bond donors (Lipinski definition) is 1. The van der Waals surface area contributed by atoms with Crippen LogP contribution in [0.25, 0.3) is 10.2 Å². The van der Waals surface area contributed by atoms with E-state index in [9.17, 15) is 0 Å². The van der Waals surface area contributed by atoms with Gasteiger partial charge in [0.05, 0.1) is 9.71 Å². The van der Waals surface area contributed by atoms with Crippen LogP contribution in [0, 0.1) is 0 Å². The van der Waals surface area contributed by atoms with E-state index in [-0.39, 0.29) is 5.54 Å². The number of para-hydroxylation sites is 1. The fraction of sp³-hybridized carbons (Fsp3) is 0.462. The van der Waals surface area contributed by atoms with Crippen molar-refractivity contribution in [1.29, 1.82) is 0 Å². The lowest BCUT2D eigenvalue weighted by atomic mass is 10.1. The molecule has 4 heteroatoms. The van der Waals surface area contributed by atoms with Gasteiger partial charge in [0.2, 0.25) is 0 Å². The van der Waals surface area contributed by atoms with Crippen molar-refractivity contribution < 1.29 is 4.74 Å². The van der Waals surface area contributed by atoms with E-state index in [1.807, 2.05) is 26.0 Å². The van der Waals surface area contributed by atoms with Crippen LogP contribution >= 0.6 is 11.3 Å². The monoisotopic (exact) mass is 250 g/mol. The molecule has 1 heterocycles. The zero-order valence-electron chi connectivity index (χ0n) is 10.5. The number of hydrogen-bond acceptors (Lipinski definition) is 4. The molecule has 0 bridgehead atoms. The first-order valence-electron chi connectivity index (χ1n) is 5.80. The molecule has 0 aliphatic heterocycles. The van der Waals surface area contributed by atoms with Gasteiger partial charge in [-0.3, -0.25) is 0 Å². The first kappa shape index (κ1) is 12.3. The Labute approximate surface area is 106 Å². The highest BCUT2D eigenvalue weighted by Crippen LogP contribution is 2.30. The van der Waals surface area contributed by atoms with Gasteiger partial charge in [-0.15, -0.1) is 11.3 Å². The molecule has 0 saturated carbocycles. The molecule has 0 saturated heterocycles. The van der Waals surface area contributed by atoms with Gasteiger partial charge < -0.3 is 10.5 Å². The number of aryl methyl sites for hydroxylation is 1. The third-order valence-corrected chi connectivity index (χ3v) is 3.49. The summed E-state index contributed by atoms with van der Waals surface area (Å²) in [5.74, 6) is 0.831. The average molecular weight is 250 g/mol. The van der Waals surface area contributed by atoms with E-state index in [1.165, 1.54) is 4.70 Å². The Balaban J connectivity index is 2.30. The van der Waals surface area contributed by atoms with Gasteiger partial charge in [-0.2, -0.15) is 0 Å². The summed E-state index contributed by atoms with van der Waals surface area (Å²) < 4.78 is 6.94. The second-order valence-corrected chi connectivity index (χ2v) is 5.96. The van der Waals surface area contributed by atoms with Crippen molar-refractivity contribution in [3.8, 4) is 5.75 Å². The molecule has 0 fully saturated rings. The Kier molecular flexibility index (Phi) is 3.35. The van der Waals surface area contributed by atoms with E-state index in [4.69, 9.17) is 10.5 Å². The van der Waals surface area contributed by atoms with E-state index in [0.717, 1.165) is 22.7 Å². The van der Waals surface area contributed by atoms with Crippen molar-refractivity contribution in [3.05, 3.63) is 23.2 Å². The molecule has 2 aromatic rings. The number of fused-ring (bicyclic) bond motifs is 1. The third-order valence-electron chi connectivity index (χ3n) is 2.33. The number of aromatic nitrogens is 1. The second-order valence-electron chi connectivity index (χ2n) is 4.84. The molecule has 0 atom stereocenters. The standard InChI is InChI=1S/C13H18N2OS/c1-4-11-15-12-9(16-8-13(2,3)14)6-5-7-10(12)17-11/h5-7H,4,8,14H2,1-3H3. The maximum atomic E-state index is 5.92. The van der Waals surface area contributed by atoms with Crippen LogP contribution < -0.4 is 10.5 Å². The Morgan fingerprint density at radius 1 is 1.41 bits per heavy atom. The molecule has 2 N–H and O–H groups in total. The number of thiazole rings is 1. The molecular weight excluding hydrogens is 232 g/mol. The highest BCUT2D eigenvalue weighted by atomic mass is 32.1. The van der Waals surface area contributed by atoms with Crippen molar-refractivity contribution >= 4 is 21.6 Å². The van der Waals surface area contributed by atoms with Crippen LogP contribution in [-0.4, -0.2) is 17.1 Å². The average Bonchev–Trinajstić information content (AvgIpc) is 2.68. The van der Waals surface area contributed by atoms with Crippen molar-refractivity contribution in [1.82, 2.24) is 4.98 Å². The number of benzene rings is 1. The first-order chi connectivity index (χ1) is 7.99. The van der Waals surface area contributed by atoms with Gasteiger partial charge in [-0.05, 0) is 32.4 Å². The predicted molar refractivity (Wildman–Crippen MR) is 72.8 cm³/mol. The van der Waals surface area contributed by atoms with E-state index in [0.29, 0.717) is 6.61 Å². The second kappa shape index (κ2) is 4.63. The molecule has 3 nitrogen and oxygen atoms in total. The molecule has 0 aliphatic rings. The fourth-order valence-corrected chi connectivity index (χ4v) is 2.43. The minimum absolute atomic E-state index is 0.328. The molecule has 0 amide bonds. The number of ether oxygens (including phenoxy) is 1. The molecule has 92 valence electrons. The largest absolute Gasteiger partial charge is 0.489 e. The number of nitrogens with zero attached hydrogens (tertiary/aromatic N) is 1. The van der Waals surface area contributed by atoms with Crippen LogP contribution in [0.4, 0.5) is 0 Å². The summed E-state index contributed by atoms with van der Waals surface area (Å²) in [5.41, 5.74) is 6.55. The van der Waals surface area contributed by atoms with Gasteiger partial charge in [0.25, 0.3) is 0 Å². The number of nitrogens with two attached hydrogens (primary N) is 1. The lowest BCUT2D eigenvalue weighted by molar-refractivity contribution is 0.245. The predicted octanol–water partition coefficient (Wildman–Crippen LogP) is 2.97. The molecule has 1 aromatic carbocycles. The van der Waals surface area contributed by atoms with Gasteiger partial charge in [0.1, 0.15) is 17.9 Å². The molecule has 17 heavy (non-hydrogen) atoms. The molecule has 0 radical (unpaired) electrons. The highest BCUT2D eigenvalue weighted by molar-refractivity contribution is 7.18. The van der Waals surface area contributed by atoms with Crippen LogP contribution in [0.3, 0.4) is 0 Å². The summed E-state index contributed by atoms with van der Waals surface area (Å²) >= 11 is 1.72. The fourth-order valence-electron chi connectivity index (χ4n) is 1.50. The van der Waals surface area contributed by atoms with Crippen LogP contribution in [0.1, 0.15) is 25.8 Å². The van der Waals surface area contributed by atoms with E-state index in [2.05, 4.69) is 18.0 Å². The van der Waals surface area contributed by atoms with Crippen LogP contribution in [0.5, 0.6) is 5.75 Å².